The van der Waals surface area contributed by atoms with Crippen molar-refractivity contribution in [1.29, 1.82) is 0 Å². The fourth-order valence-electron chi connectivity index (χ4n) is 3.69. The fraction of sp³-hybridized carbons (Fsp3) is 0.619. The molecule has 26 heavy (non-hydrogen) atoms. The predicted molar refractivity (Wildman–Crippen MR) is 115 cm³/mol. The van der Waals surface area contributed by atoms with E-state index in [0.29, 0.717) is 17.9 Å². The Balaban J connectivity index is 2.12. The molecule has 0 saturated heterocycles. The van der Waals surface area contributed by atoms with E-state index in [1.807, 2.05) is 11.5 Å². The highest BCUT2D eigenvalue weighted by Gasteiger charge is 2.32. The summed E-state index contributed by atoms with van der Waals surface area (Å²) >= 11 is 3.43. The molecule has 0 saturated carbocycles. The summed E-state index contributed by atoms with van der Waals surface area (Å²) in [6, 6.07) is 0. The quantitative estimate of drug-likeness (QED) is 0.374. The fourth-order valence-corrected chi connectivity index (χ4v) is 5.89. The van der Waals surface area contributed by atoms with Crippen LogP contribution in [-0.2, 0) is 19.4 Å². The normalized spacial score (nSPS) is 17.5. The van der Waals surface area contributed by atoms with Gasteiger partial charge in [0.2, 0.25) is 0 Å². The first-order valence-electron chi connectivity index (χ1n) is 9.54. The summed E-state index contributed by atoms with van der Waals surface area (Å²) < 4.78 is 1.84. The predicted octanol–water partition coefficient (Wildman–Crippen LogP) is 5.69. The van der Waals surface area contributed by atoms with Crippen molar-refractivity contribution in [1.82, 2.24) is 9.55 Å². The van der Waals surface area contributed by atoms with Gasteiger partial charge < -0.3 is 0 Å². The molecule has 142 valence electrons. The molecule has 0 N–H and O–H groups in total. The Morgan fingerprint density at radius 2 is 2.15 bits per heavy atom. The molecule has 0 bridgehead atoms. The van der Waals surface area contributed by atoms with Crippen LogP contribution < -0.4 is 5.56 Å². The van der Waals surface area contributed by atoms with Crippen LogP contribution in [0.4, 0.5) is 0 Å². The number of nitrogens with zero attached hydrogens (tertiary/aromatic N) is 2. The molecular formula is C21H30N2OS2. The van der Waals surface area contributed by atoms with Gasteiger partial charge in [-0.05, 0) is 49.5 Å². The van der Waals surface area contributed by atoms with Gasteiger partial charge in [-0.15, -0.1) is 11.3 Å². The summed E-state index contributed by atoms with van der Waals surface area (Å²) in [7, 11) is 0. The summed E-state index contributed by atoms with van der Waals surface area (Å²) in [6.45, 7) is 15.7. The van der Waals surface area contributed by atoms with Gasteiger partial charge in [0.05, 0.1) is 5.39 Å². The molecule has 1 atom stereocenters. The van der Waals surface area contributed by atoms with Gasteiger partial charge in [-0.3, -0.25) is 9.36 Å². The average Bonchev–Trinajstić information content (AvgIpc) is 2.92. The molecule has 0 radical (unpaired) electrons. The molecule has 3 rings (SSSR count). The first kappa shape index (κ1) is 19.7. The van der Waals surface area contributed by atoms with Gasteiger partial charge in [-0.2, -0.15) is 0 Å². The van der Waals surface area contributed by atoms with Crippen molar-refractivity contribution in [2.75, 3.05) is 5.75 Å². The number of thioether (sulfide) groups is 1. The number of aryl methyl sites for hydroxylation is 1. The zero-order valence-electron chi connectivity index (χ0n) is 16.6. The summed E-state index contributed by atoms with van der Waals surface area (Å²) in [6.07, 6.45) is 4.31. The van der Waals surface area contributed by atoms with Crippen LogP contribution in [0.5, 0.6) is 0 Å². The number of allylic oxidation sites excluding steroid dienone is 1. The number of rotatable bonds is 5. The summed E-state index contributed by atoms with van der Waals surface area (Å²) in [5, 5.41) is 1.72. The van der Waals surface area contributed by atoms with Crippen molar-refractivity contribution in [2.45, 2.75) is 72.0 Å². The second kappa shape index (κ2) is 7.51. The van der Waals surface area contributed by atoms with E-state index in [0.717, 1.165) is 52.4 Å². The minimum Gasteiger partial charge on any atom is -0.283 e. The van der Waals surface area contributed by atoms with E-state index in [-0.39, 0.29) is 5.56 Å². The van der Waals surface area contributed by atoms with Crippen molar-refractivity contribution < 1.29 is 0 Å². The van der Waals surface area contributed by atoms with Crippen LogP contribution in [0, 0.1) is 11.3 Å². The topological polar surface area (TPSA) is 34.9 Å². The van der Waals surface area contributed by atoms with E-state index >= 15 is 0 Å². The van der Waals surface area contributed by atoms with Crippen molar-refractivity contribution in [3.63, 3.8) is 0 Å². The summed E-state index contributed by atoms with van der Waals surface area (Å²) in [5.41, 5.74) is 2.70. The highest BCUT2D eigenvalue weighted by molar-refractivity contribution is 7.99. The largest absolute Gasteiger partial charge is 0.283 e. The molecular weight excluding hydrogens is 360 g/mol. The third-order valence-corrected chi connectivity index (χ3v) is 7.55. The molecule has 5 heteroatoms. The molecule has 1 aliphatic carbocycles. The minimum absolute atomic E-state index is 0.128. The third kappa shape index (κ3) is 3.79. The number of thiophene rings is 1. The lowest BCUT2D eigenvalue weighted by Crippen LogP contribution is -2.27. The van der Waals surface area contributed by atoms with E-state index in [9.17, 15) is 4.79 Å². The van der Waals surface area contributed by atoms with E-state index in [1.165, 1.54) is 10.4 Å². The second-order valence-electron chi connectivity index (χ2n) is 8.58. The number of hydrogen-bond donors (Lipinski definition) is 0. The van der Waals surface area contributed by atoms with E-state index in [2.05, 4.69) is 34.3 Å². The van der Waals surface area contributed by atoms with Gasteiger partial charge >= 0.3 is 0 Å². The molecule has 1 aliphatic rings. The average molecular weight is 391 g/mol. The lowest BCUT2D eigenvalue weighted by molar-refractivity contribution is 0.218. The van der Waals surface area contributed by atoms with Gasteiger partial charge in [0, 0.05) is 17.2 Å². The van der Waals surface area contributed by atoms with Gasteiger partial charge in [0.25, 0.3) is 5.56 Å². The van der Waals surface area contributed by atoms with E-state index in [4.69, 9.17) is 4.98 Å². The monoisotopic (exact) mass is 390 g/mol. The first-order chi connectivity index (χ1) is 12.2. The molecule has 0 amide bonds. The molecule has 2 heterocycles. The van der Waals surface area contributed by atoms with Crippen LogP contribution in [0.2, 0.25) is 0 Å². The number of fused-ring (bicyclic) bond motifs is 3. The molecule has 0 spiro atoms. The van der Waals surface area contributed by atoms with Crippen LogP contribution >= 0.6 is 23.1 Å². The van der Waals surface area contributed by atoms with E-state index < -0.39 is 0 Å². The van der Waals surface area contributed by atoms with Crippen LogP contribution in [0.15, 0.2) is 22.1 Å². The van der Waals surface area contributed by atoms with Gasteiger partial charge in [0.1, 0.15) is 4.83 Å². The Kier molecular flexibility index (Phi) is 5.69. The van der Waals surface area contributed by atoms with Crippen molar-refractivity contribution >= 4 is 33.3 Å². The molecule has 2 aromatic heterocycles. The summed E-state index contributed by atoms with van der Waals surface area (Å²) in [4.78, 5) is 20.6. The third-order valence-electron chi connectivity index (χ3n) is 5.22. The van der Waals surface area contributed by atoms with Gasteiger partial charge in [0.15, 0.2) is 5.16 Å². The molecule has 3 nitrogen and oxygen atoms in total. The lowest BCUT2D eigenvalue weighted by atomic mass is 9.72. The van der Waals surface area contributed by atoms with Crippen LogP contribution in [0.25, 0.3) is 10.2 Å². The molecule has 2 aromatic rings. The Morgan fingerprint density at radius 1 is 1.42 bits per heavy atom. The minimum atomic E-state index is 0.128. The van der Waals surface area contributed by atoms with Crippen molar-refractivity contribution in [3.8, 4) is 0 Å². The Hall–Kier alpha value is -1.07. The lowest BCUT2D eigenvalue weighted by Gasteiger charge is -2.33. The Labute approximate surface area is 164 Å². The standard InChI is InChI=1S/C21H30N2OS2/c1-7-10-25-20-22-18-17(19(24)23(20)12-13(2)3)15-9-8-14(21(4,5)6)11-16(15)26-18/h14H,2,7-12H2,1,3-6H3. The van der Waals surface area contributed by atoms with Gasteiger partial charge in [-0.1, -0.05) is 51.6 Å². The summed E-state index contributed by atoms with van der Waals surface area (Å²) in [5.74, 6) is 1.65. The molecule has 0 fully saturated rings. The first-order valence-corrected chi connectivity index (χ1v) is 11.3. The van der Waals surface area contributed by atoms with E-state index in [1.54, 1.807) is 23.1 Å². The Bertz CT molecular complexity index is 886. The smallest absolute Gasteiger partial charge is 0.263 e. The molecule has 0 aromatic carbocycles. The highest BCUT2D eigenvalue weighted by Crippen LogP contribution is 2.42. The van der Waals surface area contributed by atoms with Crippen molar-refractivity contribution in [3.05, 3.63) is 32.9 Å². The maximum absolute atomic E-state index is 13.3. The zero-order valence-corrected chi connectivity index (χ0v) is 18.3. The Morgan fingerprint density at radius 3 is 2.77 bits per heavy atom. The highest BCUT2D eigenvalue weighted by atomic mass is 32.2. The maximum atomic E-state index is 13.3. The molecule has 1 unspecified atom stereocenters. The zero-order chi connectivity index (χ0) is 19.1. The van der Waals surface area contributed by atoms with Gasteiger partial charge in [-0.25, -0.2) is 4.98 Å². The SMILES string of the molecule is C=C(C)Cn1c(SCCC)nc2sc3c(c2c1=O)CCC(C(C)(C)C)C3. The van der Waals surface area contributed by atoms with Crippen LogP contribution in [0.1, 0.15) is 57.9 Å². The number of aromatic nitrogens is 2. The second-order valence-corrected chi connectivity index (χ2v) is 10.7. The number of hydrogen-bond acceptors (Lipinski definition) is 4. The molecule has 0 aliphatic heterocycles. The maximum Gasteiger partial charge on any atom is 0.263 e. The van der Waals surface area contributed by atoms with Crippen molar-refractivity contribution in [2.24, 2.45) is 11.3 Å². The van der Waals surface area contributed by atoms with Crippen LogP contribution in [0.3, 0.4) is 0 Å². The van der Waals surface area contributed by atoms with Crippen LogP contribution in [-0.4, -0.2) is 15.3 Å².